The van der Waals surface area contributed by atoms with Crippen LogP contribution in [0.25, 0.3) is 6.08 Å². The second-order valence-corrected chi connectivity index (χ2v) is 11.0. The summed E-state index contributed by atoms with van der Waals surface area (Å²) in [6.07, 6.45) is -12.0. The molecule has 2 heterocycles. The number of ketones is 2. The van der Waals surface area contributed by atoms with Gasteiger partial charge >= 0.3 is 0 Å². The predicted octanol–water partition coefficient (Wildman–Crippen LogP) is -2.76. The number of benzene rings is 2. The maximum Gasteiger partial charge on any atom is 0.265 e. The van der Waals surface area contributed by atoms with Crippen molar-refractivity contribution in [3.05, 3.63) is 53.6 Å². The lowest BCUT2D eigenvalue weighted by molar-refractivity contribution is -0.415. The van der Waals surface area contributed by atoms with E-state index in [1.165, 1.54) is 50.6 Å². The molecule has 2 saturated heterocycles. The van der Waals surface area contributed by atoms with Gasteiger partial charge in [-0.1, -0.05) is 0 Å². The van der Waals surface area contributed by atoms with E-state index < -0.39 is 92.3 Å². The summed E-state index contributed by atoms with van der Waals surface area (Å²) in [5, 5.41) is 92.4. The highest BCUT2D eigenvalue weighted by molar-refractivity contribution is 6.00. The Balaban J connectivity index is 1.75. The average Bonchev–Trinajstić information content (AvgIpc) is 3.34. The number of aromatic hydroxyl groups is 1. The number of aliphatic hydroxyl groups is 8. The van der Waals surface area contributed by atoms with Crippen molar-refractivity contribution >= 4 is 17.6 Å². The van der Waals surface area contributed by atoms with Crippen molar-refractivity contribution < 1.29 is 84.0 Å². The SMILES string of the molecule is COc1ccc(/C=C/C(=O)[C@@]2(OC3(CO)O[C@H](CO)[C@@H](O)[C@@H]3O)O[C@H](CO)[C@@H](O)[C@H](O)[C@H]2O)c(OCC(=O)c2ccc(O)cc2)c1OC. The summed E-state index contributed by atoms with van der Waals surface area (Å²) in [6.45, 7) is -3.69. The Hall–Kier alpha value is -3.72. The second kappa shape index (κ2) is 15.2. The molecule has 264 valence electrons. The molecule has 17 nitrogen and oxygen atoms in total. The van der Waals surface area contributed by atoms with Crippen LogP contribution in [-0.4, -0.2) is 152 Å². The standard InChI is InChI=1S/C31H38O17/c1-43-19-9-5-16(26(27(19)44-2)45-13-18(36)15-3-7-17(35)8-4-15)6-10-22(37)31(29(42)25(40)23(38)20(11-32)47-31)48-30(14-34)28(41)24(39)21(12-33)46-30/h3-10,20-21,23-25,28-29,32-35,38-42H,11-14H2,1-2H3/b10-6+/t20-,21-,23-,24-,25+,28+,29-,30?,31+/m1/s1. The van der Waals surface area contributed by atoms with Crippen LogP contribution in [0.4, 0.5) is 0 Å². The largest absolute Gasteiger partial charge is 0.508 e. The molecule has 0 saturated carbocycles. The highest BCUT2D eigenvalue weighted by Crippen LogP contribution is 2.43. The van der Waals surface area contributed by atoms with Crippen LogP contribution in [0.5, 0.6) is 23.0 Å². The summed E-state index contributed by atoms with van der Waals surface area (Å²) in [4.78, 5) is 26.8. The van der Waals surface area contributed by atoms with Crippen molar-refractivity contribution in [2.24, 2.45) is 0 Å². The van der Waals surface area contributed by atoms with Crippen LogP contribution in [0.2, 0.25) is 0 Å². The van der Waals surface area contributed by atoms with Gasteiger partial charge in [-0.05, 0) is 48.6 Å². The molecule has 0 radical (unpaired) electrons. The molecule has 1 unspecified atom stereocenters. The van der Waals surface area contributed by atoms with Gasteiger partial charge in [0.1, 0.15) is 55.1 Å². The molecule has 2 fully saturated rings. The van der Waals surface area contributed by atoms with Gasteiger partial charge < -0.3 is 74.4 Å². The highest BCUT2D eigenvalue weighted by Gasteiger charge is 2.65. The molecule has 9 N–H and O–H groups in total. The maximum absolute atomic E-state index is 14.0. The van der Waals surface area contributed by atoms with Crippen molar-refractivity contribution in [1.82, 2.24) is 0 Å². The number of hydrogen-bond acceptors (Lipinski definition) is 17. The number of methoxy groups -OCH3 is 2. The number of aliphatic hydroxyl groups excluding tert-OH is 8. The van der Waals surface area contributed by atoms with E-state index in [1.54, 1.807) is 0 Å². The molecule has 2 aromatic rings. The molecule has 9 atom stereocenters. The van der Waals surface area contributed by atoms with Crippen LogP contribution < -0.4 is 14.2 Å². The molecule has 0 bridgehead atoms. The number of carbonyl (C=O) groups is 2. The van der Waals surface area contributed by atoms with Gasteiger partial charge in [0, 0.05) is 11.1 Å². The lowest BCUT2D eigenvalue weighted by Crippen LogP contribution is -2.72. The number of ether oxygens (including phenoxy) is 6. The Morgan fingerprint density at radius 2 is 1.46 bits per heavy atom. The molecule has 0 aromatic heterocycles. The van der Waals surface area contributed by atoms with Gasteiger partial charge in [-0.3, -0.25) is 9.59 Å². The van der Waals surface area contributed by atoms with E-state index in [1.807, 2.05) is 0 Å². The van der Waals surface area contributed by atoms with Crippen LogP contribution in [0.15, 0.2) is 42.5 Å². The molecule has 0 aliphatic carbocycles. The normalized spacial score (nSPS) is 31.9. The van der Waals surface area contributed by atoms with Crippen molar-refractivity contribution in [3.8, 4) is 23.0 Å². The first-order chi connectivity index (χ1) is 22.8. The minimum atomic E-state index is -3.12. The first kappa shape index (κ1) is 37.1. The first-order valence-corrected chi connectivity index (χ1v) is 14.5. The number of Topliss-reactive ketones (excluding diaryl/α,β-unsaturated/α-hetero) is 1. The second-order valence-electron chi connectivity index (χ2n) is 11.0. The van der Waals surface area contributed by atoms with Gasteiger partial charge in [-0.2, -0.15) is 0 Å². The number of hydrogen-bond donors (Lipinski definition) is 9. The van der Waals surface area contributed by atoms with E-state index in [2.05, 4.69) is 0 Å². The summed E-state index contributed by atoms with van der Waals surface area (Å²) in [7, 11) is 2.63. The van der Waals surface area contributed by atoms with Gasteiger partial charge in [0.05, 0.1) is 27.4 Å². The fraction of sp³-hybridized carbons (Fsp3) is 0.484. The van der Waals surface area contributed by atoms with E-state index in [9.17, 15) is 55.5 Å². The summed E-state index contributed by atoms with van der Waals surface area (Å²) >= 11 is 0. The third-order valence-corrected chi connectivity index (χ3v) is 8.01. The van der Waals surface area contributed by atoms with Crippen LogP contribution in [-0.2, 0) is 19.0 Å². The zero-order valence-electron chi connectivity index (χ0n) is 25.8. The van der Waals surface area contributed by atoms with Crippen LogP contribution in [0.1, 0.15) is 15.9 Å². The number of rotatable bonds is 14. The fourth-order valence-corrected chi connectivity index (χ4v) is 5.33. The zero-order valence-corrected chi connectivity index (χ0v) is 25.8. The molecular formula is C31H38O17. The van der Waals surface area contributed by atoms with Gasteiger partial charge in [0.15, 0.2) is 23.9 Å². The van der Waals surface area contributed by atoms with Gasteiger partial charge in [0.2, 0.25) is 17.3 Å². The van der Waals surface area contributed by atoms with Crippen LogP contribution in [0, 0.1) is 0 Å². The lowest BCUT2D eigenvalue weighted by atomic mass is 9.89. The van der Waals surface area contributed by atoms with Gasteiger partial charge in [-0.15, -0.1) is 0 Å². The smallest absolute Gasteiger partial charge is 0.265 e. The van der Waals surface area contributed by atoms with Crippen molar-refractivity contribution in [1.29, 1.82) is 0 Å². The highest BCUT2D eigenvalue weighted by atomic mass is 16.8. The Labute approximate surface area is 273 Å². The summed E-state index contributed by atoms with van der Waals surface area (Å²) in [5.74, 6) is -7.63. The summed E-state index contributed by atoms with van der Waals surface area (Å²) in [5.41, 5.74) is 0.301. The maximum atomic E-state index is 14.0. The lowest BCUT2D eigenvalue weighted by Gasteiger charge is -2.49. The van der Waals surface area contributed by atoms with Crippen molar-refractivity contribution in [2.75, 3.05) is 40.6 Å². The zero-order chi connectivity index (χ0) is 35.4. The molecular weight excluding hydrogens is 644 g/mol. The number of carbonyl (C=O) groups excluding carboxylic acids is 2. The third-order valence-electron chi connectivity index (χ3n) is 8.01. The Bertz CT molecular complexity index is 1460. The first-order valence-electron chi connectivity index (χ1n) is 14.5. The molecule has 2 aliphatic rings. The monoisotopic (exact) mass is 682 g/mol. The molecule has 2 aliphatic heterocycles. The van der Waals surface area contributed by atoms with Crippen LogP contribution in [0.3, 0.4) is 0 Å². The minimum Gasteiger partial charge on any atom is -0.508 e. The summed E-state index contributed by atoms with van der Waals surface area (Å²) < 4.78 is 33.1. The molecule has 0 amide bonds. The number of phenols is 1. The van der Waals surface area contributed by atoms with E-state index >= 15 is 0 Å². The van der Waals surface area contributed by atoms with E-state index in [0.29, 0.717) is 0 Å². The fourth-order valence-electron chi connectivity index (χ4n) is 5.33. The van der Waals surface area contributed by atoms with Crippen LogP contribution >= 0.6 is 0 Å². The minimum absolute atomic E-state index is 0.00940. The predicted molar refractivity (Wildman–Crippen MR) is 159 cm³/mol. The quantitative estimate of drug-likeness (QED) is 0.0721. The molecule has 4 rings (SSSR count). The molecule has 2 aromatic carbocycles. The Morgan fingerprint density at radius 1 is 0.812 bits per heavy atom. The Kier molecular flexibility index (Phi) is 11.8. The van der Waals surface area contributed by atoms with Crippen molar-refractivity contribution in [3.63, 3.8) is 0 Å². The summed E-state index contributed by atoms with van der Waals surface area (Å²) in [6, 6.07) is 8.25. The van der Waals surface area contributed by atoms with Crippen molar-refractivity contribution in [2.45, 2.75) is 54.3 Å². The van der Waals surface area contributed by atoms with Gasteiger partial charge in [0.25, 0.3) is 5.79 Å². The average molecular weight is 683 g/mol. The van der Waals surface area contributed by atoms with E-state index in [0.717, 1.165) is 12.2 Å². The van der Waals surface area contributed by atoms with Gasteiger partial charge in [-0.25, -0.2) is 0 Å². The van der Waals surface area contributed by atoms with E-state index in [-0.39, 0.29) is 34.1 Å². The molecule has 0 spiro atoms. The topological polar surface area (TPSA) is 272 Å². The molecule has 48 heavy (non-hydrogen) atoms. The molecule has 17 heteroatoms. The van der Waals surface area contributed by atoms with E-state index in [4.69, 9.17) is 28.4 Å². The number of phenolic OH excluding ortho intramolecular Hbond substituents is 1. The third kappa shape index (κ3) is 6.89. The Morgan fingerprint density at radius 3 is 2.02 bits per heavy atom.